The summed E-state index contributed by atoms with van der Waals surface area (Å²) >= 11 is 0. The molecule has 1 atom stereocenters. The van der Waals surface area contributed by atoms with E-state index in [9.17, 15) is 4.79 Å². The number of hydrogen-bond donors (Lipinski definition) is 3. The average molecular weight is 290 g/mol. The molecule has 0 aliphatic heterocycles. The van der Waals surface area contributed by atoms with E-state index >= 15 is 0 Å². The summed E-state index contributed by atoms with van der Waals surface area (Å²) in [5.74, 6) is 0.805. The van der Waals surface area contributed by atoms with Crippen molar-refractivity contribution < 1.29 is 4.74 Å². The minimum absolute atomic E-state index is 0.0827. The van der Waals surface area contributed by atoms with E-state index in [0.717, 1.165) is 0 Å². The first-order chi connectivity index (χ1) is 10.0. The predicted molar refractivity (Wildman–Crippen MR) is 85.5 cm³/mol. The summed E-state index contributed by atoms with van der Waals surface area (Å²) in [4.78, 5) is 19.3. The molecule has 21 heavy (non-hydrogen) atoms. The van der Waals surface area contributed by atoms with Crippen LogP contribution in [-0.4, -0.2) is 29.2 Å². The molecule has 1 aromatic carbocycles. The number of nitrogens with two attached hydrogens (primary N) is 1. The Hall–Kier alpha value is -2.08. The highest BCUT2D eigenvalue weighted by atomic mass is 16.5. The van der Waals surface area contributed by atoms with Gasteiger partial charge in [0.15, 0.2) is 0 Å². The second-order valence-corrected chi connectivity index (χ2v) is 5.35. The molecule has 0 aliphatic rings. The van der Waals surface area contributed by atoms with Crippen LogP contribution in [-0.2, 0) is 4.74 Å². The predicted octanol–water partition coefficient (Wildman–Crippen LogP) is 1.98. The fourth-order valence-corrected chi connectivity index (χ4v) is 2.05. The van der Waals surface area contributed by atoms with E-state index < -0.39 is 0 Å². The number of fused-ring (bicyclic) bond motifs is 1. The molecule has 0 radical (unpaired) electrons. The van der Waals surface area contributed by atoms with Gasteiger partial charge in [0, 0.05) is 12.3 Å². The van der Waals surface area contributed by atoms with Crippen molar-refractivity contribution in [1.82, 2.24) is 9.97 Å². The quantitative estimate of drug-likeness (QED) is 0.707. The van der Waals surface area contributed by atoms with E-state index in [4.69, 9.17) is 10.5 Å². The van der Waals surface area contributed by atoms with Crippen LogP contribution in [0.3, 0.4) is 0 Å². The number of aromatic amines is 1. The maximum Gasteiger partial charge on any atom is 0.260 e. The van der Waals surface area contributed by atoms with Crippen molar-refractivity contribution in [2.75, 3.05) is 24.3 Å². The summed E-state index contributed by atoms with van der Waals surface area (Å²) in [6.07, 6.45) is 0. The van der Waals surface area contributed by atoms with E-state index in [0.29, 0.717) is 41.7 Å². The standard InChI is InChI=1S/C15H22N4O2/c1-4-21-8-13(9(2)3)18-15-17-12-6-5-10(16)7-11(12)14(20)19-15/h5-7,9,13H,4,8,16H2,1-3H3,(H2,17,18,19,20). The topological polar surface area (TPSA) is 93.0 Å². The highest BCUT2D eigenvalue weighted by molar-refractivity contribution is 5.81. The molecule has 6 heteroatoms. The lowest BCUT2D eigenvalue weighted by molar-refractivity contribution is 0.126. The Balaban J connectivity index is 2.29. The Morgan fingerprint density at radius 1 is 1.43 bits per heavy atom. The lowest BCUT2D eigenvalue weighted by Gasteiger charge is -2.22. The van der Waals surface area contributed by atoms with Gasteiger partial charge in [-0.25, -0.2) is 4.98 Å². The first-order valence-electron chi connectivity index (χ1n) is 7.15. The third kappa shape index (κ3) is 3.72. The number of hydrogen-bond acceptors (Lipinski definition) is 5. The second-order valence-electron chi connectivity index (χ2n) is 5.35. The number of nitrogens with one attached hydrogen (secondary N) is 2. The van der Waals surface area contributed by atoms with Crippen LogP contribution in [0.1, 0.15) is 20.8 Å². The highest BCUT2D eigenvalue weighted by Gasteiger charge is 2.15. The molecule has 4 N–H and O–H groups in total. The number of H-pyrrole nitrogens is 1. The van der Waals surface area contributed by atoms with Crippen molar-refractivity contribution in [3.63, 3.8) is 0 Å². The molecule has 0 fully saturated rings. The van der Waals surface area contributed by atoms with Crippen molar-refractivity contribution in [2.45, 2.75) is 26.8 Å². The van der Waals surface area contributed by atoms with Crippen molar-refractivity contribution in [1.29, 1.82) is 0 Å². The Labute approximate surface area is 123 Å². The van der Waals surface area contributed by atoms with Crippen LogP contribution in [0, 0.1) is 5.92 Å². The minimum atomic E-state index is -0.200. The molecule has 1 aromatic heterocycles. The normalized spacial score (nSPS) is 12.8. The van der Waals surface area contributed by atoms with Crippen LogP contribution >= 0.6 is 0 Å². The minimum Gasteiger partial charge on any atom is -0.399 e. The van der Waals surface area contributed by atoms with Gasteiger partial charge < -0.3 is 15.8 Å². The van der Waals surface area contributed by atoms with E-state index in [2.05, 4.69) is 29.1 Å². The average Bonchev–Trinajstić information content (AvgIpc) is 2.44. The molecule has 6 nitrogen and oxygen atoms in total. The molecule has 2 rings (SSSR count). The van der Waals surface area contributed by atoms with Gasteiger partial charge in [-0.3, -0.25) is 9.78 Å². The van der Waals surface area contributed by atoms with Crippen LogP contribution in [0.25, 0.3) is 10.9 Å². The molecular weight excluding hydrogens is 268 g/mol. The van der Waals surface area contributed by atoms with Crippen molar-refractivity contribution in [3.05, 3.63) is 28.6 Å². The number of rotatable bonds is 6. The zero-order valence-electron chi connectivity index (χ0n) is 12.6. The Kier molecular flexibility index (Phi) is 4.80. The van der Waals surface area contributed by atoms with Crippen LogP contribution in [0.15, 0.2) is 23.0 Å². The van der Waals surface area contributed by atoms with Crippen LogP contribution in [0.2, 0.25) is 0 Å². The number of benzene rings is 1. The smallest absolute Gasteiger partial charge is 0.260 e. The third-order valence-electron chi connectivity index (χ3n) is 3.36. The van der Waals surface area contributed by atoms with Crippen LogP contribution in [0.5, 0.6) is 0 Å². The summed E-state index contributed by atoms with van der Waals surface area (Å²) in [6, 6.07) is 5.20. The van der Waals surface area contributed by atoms with Gasteiger partial charge in [-0.15, -0.1) is 0 Å². The fraction of sp³-hybridized carbons (Fsp3) is 0.467. The molecular formula is C15H22N4O2. The van der Waals surface area contributed by atoms with Crippen molar-refractivity contribution in [3.8, 4) is 0 Å². The van der Waals surface area contributed by atoms with E-state index in [-0.39, 0.29) is 11.6 Å². The monoisotopic (exact) mass is 290 g/mol. The molecule has 1 heterocycles. The van der Waals surface area contributed by atoms with E-state index in [1.807, 2.05) is 6.92 Å². The Morgan fingerprint density at radius 3 is 2.86 bits per heavy atom. The van der Waals surface area contributed by atoms with Gasteiger partial charge >= 0.3 is 0 Å². The molecule has 2 aromatic rings. The van der Waals surface area contributed by atoms with Gasteiger partial charge in [0.25, 0.3) is 5.56 Å². The first-order valence-corrected chi connectivity index (χ1v) is 7.15. The fourth-order valence-electron chi connectivity index (χ4n) is 2.05. The van der Waals surface area contributed by atoms with E-state index in [1.54, 1.807) is 18.2 Å². The molecule has 0 saturated heterocycles. The van der Waals surface area contributed by atoms with Crippen molar-refractivity contribution in [2.24, 2.45) is 5.92 Å². The summed E-state index contributed by atoms with van der Waals surface area (Å²) in [7, 11) is 0. The zero-order chi connectivity index (χ0) is 15.4. The number of ether oxygens (including phenoxy) is 1. The third-order valence-corrected chi connectivity index (χ3v) is 3.36. The van der Waals surface area contributed by atoms with Crippen molar-refractivity contribution >= 4 is 22.5 Å². The molecule has 0 amide bonds. The number of nitrogen functional groups attached to an aromatic ring is 1. The van der Waals surface area contributed by atoms with Crippen LogP contribution in [0.4, 0.5) is 11.6 Å². The van der Waals surface area contributed by atoms with Gasteiger partial charge in [-0.2, -0.15) is 0 Å². The van der Waals surface area contributed by atoms with Gasteiger partial charge in [0.2, 0.25) is 5.95 Å². The number of aromatic nitrogens is 2. The summed E-state index contributed by atoms with van der Waals surface area (Å²) in [5, 5.41) is 3.73. The Morgan fingerprint density at radius 2 is 2.19 bits per heavy atom. The van der Waals surface area contributed by atoms with E-state index in [1.165, 1.54) is 0 Å². The number of anilines is 2. The second kappa shape index (κ2) is 6.58. The molecule has 0 aliphatic carbocycles. The zero-order valence-corrected chi connectivity index (χ0v) is 12.6. The maximum atomic E-state index is 12.1. The maximum absolute atomic E-state index is 12.1. The Bertz CT molecular complexity index is 666. The molecule has 0 spiro atoms. The summed E-state index contributed by atoms with van der Waals surface area (Å²) in [5.41, 5.74) is 6.66. The van der Waals surface area contributed by atoms with Gasteiger partial charge in [0.05, 0.1) is 23.6 Å². The number of nitrogens with zero attached hydrogens (tertiary/aromatic N) is 1. The summed E-state index contributed by atoms with van der Waals surface area (Å²) < 4.78 is 5.46. The highest BCUT2D eigenvalue weighted by Crippen LogP contribution is 2.14. The largest absolute Gasteiger partial charge is 0.399 e. The van der Waals surface area contributed by atoms with Crippen LogP contribution < -0.4 is 16.6 Å². The lowest BCUT2D eigenvalue weighted by atomic mass is 10.1. The van der Waals surface area contributed by atoms with Gasteiger partial charge in [-0.1, -0.05) is 13.8 Å². The molecule has 1 unspecified atom stereocenters. The van der Waals surface area contributed by atoms with Gasteiger partial charge in [-0.05, 0) is 31.0 Å². The molecule has 114 valence electrons. The summed E-state index contributed by atoms with van der Waals surface area (Å²) in [6.45, 7) is 7.37. The lowest BCUT2D eigenvalue weighted by Crippen LogP contribution is -2.32. The SMILES string of the molecule is CCOCC(Nc1nc2ccc(N)cc2c(=O)[nH]1)C(C)C. The molecule has 0 bridgehead atoms. The molecule has 0 saturated carbocycles. The first kappa shape index (κ1) is 15.3. The van der Waals surface area contributed by atoms with Gasteiger partial charge in [0.1, 0.15) is 0 Å².